The molecule has 0 aromatic heterocycles. The molecule has 0 spiro atoms. The highest BCUT2D eigenvalue weighted by atomic mass is 16.4. The molecule has 0 bridgehead atoms. The van der Waals surface area contributed by atoms with Crippen LogP contribution in [-0.4, -0.2) is 40.6 Å². The fourth-order valence-electron chi connectivity index (χ4n) is 1.97. The lowest BCUT2D eigenvalue weighted by atomic mass is 9.94. The zero-order chi connectivity index (χ0) is 13.8. The third-order valence-corrected chi connectivity index (χ3v) is 3.15. The molecule has 0 aromatic rings. The summed E-state index contributed by atoms with van der Waals surface area (Å²) in [6.07, 6.45) is 6.96. The Bertz CT molecular complexity index is 363. The normalized spacial score (nSPS) is 17.1. The van der Waals surface area contributed by atoms with Gasteiger partial charge in [-0.1, -0.05) is 5.92 Å². The van der Waals surface area contributed by atoms with E-state index < -0.39 is 11.5 Å². The average molecular weight is 252 g/mol. The molecule has 1 rings (SSSR count). The van der Waals surface area contributed by atoms with E-state index in [0.717, 1.165) is 12.8 Å². The van der Waals surface area contributed by atoms with Crippen LogP contribution in [0.25, 0.3) is 0 Å². The van der Waals surface area contributed by atoms with Crippen molar-refractivity contribution in [3.05, 3.63) is 0 Å². The van der Waals surface area contributed by atoms with Crippen molar-refractivity contribution in [1.82, 2.24) is 10.2 Å². The first-order valence-corrected chi connectivity index (χ1v) is 6.10. The largest absolute Gasteiger partial charge is 0.481 e. The Kier molecular flexibility index (Phi) is 4.60. The number of nitrogens with one attached hydrogen (secondary N) is 1. The summed E-state index contributed by atoms with van der Waals surface area (Å²) in [5.74, 6) is 1.91. The fourth-order valence-corrected chi connectivity index (χ4v) is 1.97. The van der Waals surface area contributed by atoms with Gasteiger partial charge in [-0.15, -0.1) is 6.42 Å². The van der Waals surface area contributed by atoms with E-state index in [1.807, 2.05) is 0 Å². The highest BCUT2D eigenvalue weighted by Crippen LogP contribution is 2.20. The first-order valence-electron chi connectivity index (χ1n) is 6.10. The van der Waals surface area contributed by atoms with Crippen molar-refractivity contribution < 1.29 is 14.7 Å². The molecule has 100 valence electrons. The molecule has 0 aromatic carbocycles. The molecule has 1 heterocycles. The maximum Gasteiger partial charge on any atom is 0.318 e. The quantitative estimate of drug-likeness (QED) is 0.744. The number of carbonyl (C=O) groups excluding carboxylic acids is 1. The predicted octanol–water partition coefficient (Wildman–Crippen LogP) is 1.29. The van der Waals surface area contributed by atoms with E-state index in [1.54, 1.807) is 18.7 Å². The molecule has 0 saturated carbocycles. The Balaban J connectivity index is 2.41. The number of likely N-dealkylation sites (tertiary alicyclic amines) is 1. The molecule has 0 aliphatic carbocycles. The predicted molar refractivity (Wildman–Crippen MR) is 68.0 cm³/mol. The average Bonchev–Trinajstić information content (AvgIpc) is 2.28. The number of nitrogens with zero attached hydrogens (tertiary/aromatic N) is 1. The van der Waals surface area contributed by atoms with Crippen molar-refractivity contribution in [2.75, 3.05) is 13.1 Å². The molecule has 0 atom stereocenters. The molecule has 1 saturated heterocycles. The highest BCUT2D eigenvalue weighted by molar-refractivity contribution is 5.75. The first-order chi connectivity index (χ1) is 8.34. The maximum absolute atomic E-state index is 11.9. The van der Waals surface area contributed by atoms with Crippen LogP contribution in [0, 0.1) is 18.3 Å². The van der Waals surface area contributed by atoms with Gasteiger partial charge in [0.1, 0.15) is 0 Å². The van der Waals surface area contributed by atoms with E-state index >= 15 is 0 Å². The number of urea groups is 1. The minimum Gasteiger partial charge on any atom is -0.481 e. The van der Waals surface area contributed by atoms with Crippen molar-refractivity contribution in [1.29, 1.82) is 0 Å². The second kappa shape index (κ2) is 5.76. The molecule has 0 radical (unpaired) electrons. The Morgan fingerprint density at radius 1 is 1.44 bits per heavy atom. The topological polar surface area (TPSA) is 69.6 Å². The summed E-state index contributed by atoms with van der Waals surface area (Å²) in [6, 6.07) is -0.174. The van der Waals surface area contributed by atoms with Gasteiger partial charge in [-0.05, 0) is 32.6 Å². The summed E-state index contributed by atoms with van der Waals surface area (Å²) in [5.41, 5.74) is -0.658. The SMILES string of the molecule is C#CC(C)(C)NC(=O)N1CCC(CC(=O)O)CC1. The second-order valence-electron chi connectivity index (χ2n) is 5.23. The van der Waals surface area contributed by atoms with E-state index in [-0.39, 0.29) is 18.4 Å². The smallest absolute Gasteiger partial charge is 0.318 e. The molecule has 5 nitrogen and oxygen atoms in total. The molecule has 1 fully saturated rings. The Morgan fingerprint density at radius 2 is 2.00 bits per heavy atom. The van der Waals surface area contributed by atoms with Crippen LogP contribution in [0.15, 0.2) is 0 Å². The molecule has 2 N–H and O–H groups in total. The number of hydrogen-bond acceptors (Lipinski definition) is 2. The standard InChI is InChI=1S/C13H20N2O3/c1-4-13(2,3)14-12(18)15-7-5-10(6-8-15)9-11(16)17/h1,10H,5-9H2,2-3H3,(H,14,18)(H,16,17). The lowest BCUT2D eigenvalue weighted by molar-refractivity contribution is -0.138. The van der Waals surface area contributed by atoms with Crippen molar-refractivity contribution in [3.8, 4) is 12.3 Å². The second-order valence-corrected chi connectivity index (χ2v) is 5.23. The number of rotatable bonds is 3. The van der Waals surface area contributed by atoms with Gasteiger partial charge in [0.25, 0.3) is 0 Å². The van der Waals surface area contributed by atoms with Crippen LogP contribution >= 0.6 is 0 Å². The summed E-state index contributed by atoms with van der Waals surface area (Å²) >= 11 is 0. The molecule has 1 aliphatic rings. The van der Waals surface area contributed by atoms with E-state index in [1.165, 1.54) is 0 Å². The molecule has 5 heteroatoms. The van der Waals surface area contributed by atoms with Crippen molar-refractivity contribution in [2.24, 2.45) is 5.92 Å². The molecular weight excluding hydrogens is 232 g/mol. The van der Waals surface area contributed by atoms with Gasteiger partial charge < -0.3 is 15.3 Å². The zero-order valence-electron chi connectivity index (χ0n) is 10.9. The van der Waals surface area contributed by atoms with Crippen molar-refractivity contribution in [2.45, 2.75) is 38.6 Å². The third kappa shape index (κ3) is 4.28. The minimum absolute atomic E-state index is 0.173. The number of amides is 2. The highest BCUT2D eigenvalue weighted by Gasteiger charge is 2.26. The number of carbonyl (C=O) groups is 2. The van der Waals surface area contributed by atoms with Crippen LogP contribution < -0.4 is 5.32 Å². The van der Waals surface area contributed by atoms with E-state index in [0.29, 0.717) is 13.1 Å². The Morgan fingerprint density at radius 3 is 2.44 bits per heavy atom. The van der Waals surface area contributed by atoms with Crippen molar-refractivity contribution in [3.63, 3.8) is 0 Å². The van der Waals surface area contributed by atoms with Crippen LogP contribution in [-0.2, 0) is 4.79 Å². The van der Waals surface area contributed by atoms with Gasteiger partial charge in [0.15, 0.2) is 0 Å². The number of terminal acetylenes is 1. The lowest BCUT2D eigenvalue weighted by Gasteiger charge is -2.33. The third-order valence-electron chi connectivity index (χ3n) is 3.15. The molecule has 0 unspecified atom stereocenters. The monoisotopic (exact) mass is 252 g/mol. The molecule has 1 aliphatic heterocycles. The van der Waals surface area contributed by atoms with Crippen LogP contribution in [0.1, 0.15) is 33.1 Å². The summed E-state index contributed by atoms with van der Waals surface area (Å²) in [7, 11) is 0. The van der Waals surface area contributed by atoms with Crippen LogP contribution in [0.2, 0.25) is 0 Å². The number of hydrogen-bond donors (Lipinski definition) is 2. The number of carboxylic acids is 1. The summed E-state index contributed by atoms with van der Waals surface area (Å²) in [5, 5.41) is 11.5. The van der Waals surface area contributed by atoms with Crippen molar-refractivity contribution >= 4 is 12.0 Å². The van der Waals surface area contributed by atoms with Crippen LogP contribution in [0.4, 0.5) is 4.79 Å². The fraction of sp³-hybridized carbons (Fsp3) is 0.692. The van der Waals surface area contributed by atoms with Crippen LogP contribution in [0.5, 0.6) is 0 Å². The number of carboxylic acid groups (broad SMARTS) is 1. The summed E-state index contributed by atoms with van der Waals surface area (Å²) < 4.78 is 0. The van der Waals surface area contributed by atoms with Gasteiger partial charge in [0.05, 0.1) is 5.54 Å². The van der Waals surface area contributed by atoms with E-state index in [9.17, 15) is 9.59 Å². The van der Waals surface area contributed by atoms with E-state index in [4.69, 9.17) is 11.5 Å². The van der Waals surface area contributed by atoms with Gasteiger partial charge in [-0.2, -0.15) is 0 Å². The molecule has 2 amide bonds. The summed E-state index contributed by atoms with van der Waals surface area (Å²) in [6.45, 7) is 4.71. The van der Waals surface area contributed by atoms with Gasteiger partial charge in [0, 0.05) is 19.5 Å². The number of piperidine rings is 1. The molecular formula is C13H20N2O3. The molecule has 18 heavy (non-hydrogen) atoms. The van der Waals surface area contributed by atoms with E-state index in [2.05, 4.69) is 11.2 Å². The first kappa shape index (κ1) is 14.4. The van der Waals surface area contributed by atoms with Gasteiger partial charge in [0.2, 0.25) is 0 Å². The lowest BCUT2D eigenvalue weighted by Crippen LogP contribution is -2.51. The van der Waals surface area contributed by atoms with Crippen LogP contribution in [0.3, 0.4) is 0 Å². The van der Waals surface area contributed by atoms with Gasteiger partial charge in [-0.3, -0.25) is 4.79 Å². The zero-order valence-corrected chi connectivity index (χ0v) is 10.9. The van der Waals surface area contributed by atoms with Gasteiger partial charge >= 0.3 is 12.0 Å². The maximum atomic E-state index is 11.9. The summed E-state index contributed by atoms with van der Waals surface area (Å²) in [4.78, 5) is 24.2. The Labute approximate surface area is 108 Å². The van der Waals surface area contributed by atoms with Gasteiger partial charge in [-0.25, -0.2) is 4.79 Å². The minimum atomic E-state index is -0.772. The Hall–Kier alpha value is -1.70. The number of aliphatic carboxylic acids is 1.